The van der Waals surface area contributed by atoms with Crippen molar-refractivity contribution in [2.45, 2.75) is 51.5 Å². The second kappa shape index (κ2) is 8.68. The van der Waals surface area contributed by atoms with E-state index >= 15 is 0 Å². The molecular formula is C24H29N3O2. The zero-order valence-electron chi connectivity index (χ0n) is 17.0. The van der Waals surface area contributed by atoms with Crippen LogP contribution in [0, 0.1) is 0 Å². The molecule has 1 saturated carbocycles. The van der Waals surface area contributed by atoms with Gasteiger partial charge in [0.05, 0.1) is 5.56 Å². The van der Waals surface area contributed by atoms with E-state index < -0.39 is 0 Å². The van der Waals surface area contributed by atoms with Crippen LogP contribution in [0.4, 0.5) is 11.4 Å². The molecule has 2 aromatic carbocycles. The summed E-state index contributed by atoms with van der Waals surface area (Å²) in [6.07, 6.45) is 6.58. The van der Waals surface area contributed by atoms with Crippen molar-refractivity contribution in [3.8, 4) is 0 Å². The van der Waals surface area contributed by atoms with Crippen LogP contribution in [0.15, 0.2) is 42.5 Å². The molecular weight excluding hydrogens is 362 g/mol. The molecule has 29 heavy (non-hydrogen) atoms. The molecule has 2 amide bonds. The summed E-state index contributed by atoms with van der Waals surface area (Å²) in [6.45, 7) is 4.03. The Labute approximate surface area is 172 Å². The average molecular weight is 392 g/mol. The summed E-state index contributed by atoms with van der Waals surface area (Å²) in [4.78, 5) is 27.8. The van der Waals surface area contributed by atoms with Crippen LogP contribution in [0.1, 0.15) is 65.3 Å². The Morgan fingerprint density at radius 3 is 2.34 bits per heavy atom. The van der Waals surface area contributed by atoms with Gasteiger partial charge in [-0.15, -0.1) is 0 Å². The average Bonchev–Trinajstić information content (AvgIpc) is 3.58. The number of benzene rings is 2. The maximum Gasteiger partial charge on any atom is 0.255 e. The van der Waals surface area contributed by atoms with E-state index in [0.717, 1.165) is 50.9 Å². The molecule has 1 aliphatic heterocycles. The van der Waals surface area contributed by atoms with E-state index in [1.54, 1.807) is 0 Å². The first-order chi connectivity index (χ1) is 14.1. The normalized spacial score (nSPS) is 16.4. The number of nitrogens with zero attached hydrogens (tertiary/aromatic N) is 1. The van der Waals surface area contributed by atoms with Crippen LogP contribution in [-0.4, -0.2) is 30.9 Å². The van der Waals surface area contributed by atoms with Crippen LogP contribution in [0.3, 0.4) is 0 Å². The lowest BCUT2D eigenvalue weighted by atomic mass is 10.1. The quantitative estimate of drug-likeness (QED) is 0.768. The number of hydrogen-bond donors (Lipinski definition) is 2. The fourth-order valence-electron chi connectivity index (χ4n) is 3.79. The minimum absolute atomic E-state index is 0.0449. The third-order valence-electron chi connectivity index (χ3n) is 5.73. The predicted octanol–water partition coefficient (Wildman–Crippen LogP) is 4.38. The second-order valence-electron chi connectivity index (χ2n) is 8.03. The van der Waals surface area contributed by atoms with Crippen LogP contribution in [0.25, 0.3) is 0 Å². The van der Waals surface area contributed by atoms with Gasteiger partial charge >= 0.3 is 0 Å². The zero-order valence-corrected chi connectivity index (χ0v) is 17.0. The minimum atomic E-state index is -0.160. The second-order valence-corrected chi connectivity index (χ2v) is 8.03. The lowest BCUT2D eigenvalue weighted by Gasteiger charge is -2.30. The highest BCUT2D eigenvalue weighted by molar-refractivity contribution is 6.06. The van der Waals surface area contributed by atoms with E-state index in [2.05, 4.69) is 22.5 Å². The van der Waals surface area contributed by atoms with Crippen LogP contribution in [0.5, 0.6) is 0 Å². The summed E-state index contributed by atoms with van der Waals surface area (Å²) < 4.78 is 0. The van der Waals surface area contributed by atoms with Gasteiger partial charge in [0.1, 0.15) is 0 Å². The Bertz CT molecular complexity index is 881. The summed E-state index contributed by atoms with van der Waals surface area (Å²) in [5.74, 6) is -0.205. The van der Waals surface area contributed by atoms with Crippen molar-refractivity contribution in [1.82, 2.24) is 5.32 Å². The summed E-state index contributed by atoms with van der Waals surface area (Å²) in [6, 6.07) is 13.6. The minimum Gasteiger partial charge on any atom is -0.371 e. The molecule has 5 nitrogen and oxygen atoms in total. The fourth-order valence-corrected chi connectivity index (χ4v) is 3.79. The van der Waals surface area contributed by atoms with E-state index in [9.17, 15) is 9.59 Å². The highest BCUT2D eigenvalue weighted by Gasteiger charge is 2.26. The lowest BCUT2D eigenvalue weighted by molar-refractivity contribution is 0.0950. The molecule has 1 aliphatic carbocycles. The van der Waals surface area contributed by atoms with Crippen LogP contribution >= 0.6 is 0 Å². The Morgan fingerprint density at radius 2 is 1.69 bits per heavy atom. The van der Waals surface area contributed by atoms with Crippen molar-refractivity contribution in [3.05, 3.63) is 59.2 Å². The fraction of sp³-hybridized carbons (Fsp3) is 0.417. The molecule has 0 radical (unpaired) electrons. The topological polar surface area (TPSA) is 61.4 Å². The maximum atomic E-state index is 12.9. The Balaban J connectivity index is 1.56. The first-order valence-electron chi connectivity index (χ1n) is 10.7. The van der Waals surface area contributed by atoms with Gasteiger partial charge in [-0.2, -0.15) is 0 Å². The first-order valence-corrected chi connectivity index (χ1v) is 10.7. The molecule has 0 atom stereocenters. The molecule has 0 spiro atoms. The number of carbonyl (C=O) groups excluding carboxylic acids is 2. The third-order valence-corrected chi connectivity index (χ3v) is 5.73. The molecule has 4 rings (SSSR count). The number of anilines is 2. The smallest absolute Gasteiger partial charge is 0.255 e. The van der Waals surface area contributed by atoms with Gasteiger partial charge in [-0.3, -0.25) is 9.59 Å². The summed E-state index contributed by atoms with van der Waals surface area (Å²) in [5.41, 5.74) is 4.08. The Kier molecular flexibility index (Phi) is 5.84. The van der Waals surface area contributed by atoms with Gasteiger partial charge in [-0.1, -0.05) is 19.1 Å². The van der Waals surface area contributed by atoms with E-state index in [1.165, 1.54) is 12.0 Å². The Morgan fingerprint density at radius 1 is 0.966 bits per heavy atom. The van der Waals surface area contributed by atoms with Gasteiger partial charge in [0.15, 0.2) is 0 Å². The van der Waals surface area contributed by atoms with Crippen molar-refractivity contribution < 1.29 is 9.59 Å². The molecule has 152 valence electrons. The van der Waals surface area contributed by atoms with E-state index in [4.69, 9.17) is 0 Å². The van der Waals surface area contributed by atoms with E-state index in [-0.39, 0.29) is 11.8 Å². The molecule has 2 aliphatic rings. The summed E-state index contributed by atoms with van der Waals surface area (Å²) in [5, 5.41) is 6.05. The van der Waals surface area contributed by atoms with E-state index in [0.29, 0.717) is 22.9 Å². The zero-order chi connectivity index (χ0) is 20.2. The summed E-state index contributed by atoms with van der Waals surface area (Å²) in [7, 11) is 0. The molecule has 0 bridgehead atoms. The van der Waals surface area contributed by atoms with Gasteiger partial charge < -0.3 is 15.5 Å². The summed E-state index contributed by atoms with van der Waals surface area (Å²) >= 11 is 0. The number of aryl methyl sites for hydroxylation is 1. The van der Waals surface area contributed by atoms with Crippen molar-refractivity contribution in [1.29, 1.82) is 0 Å². The molecule has 2 N–H and O–H groups in total. The molecule has 1 saturated heterocycles. The van der Waals surface area contributed by atoms with Crippen molar-refractivity contribution in [2.75, 3.05) is 23.3 Å². The molecule has 1 heterocycles. The standard InChI is InChI=1S/C24H29N3O2/c1-2-17-6-8-18(9-7-17)23(28)26-20-12-13-22(27-14-4-3-5-15-27)21(16-20)24(29)25-19-10-11-19/h6-9,12-13,16,19H,2-5,10-11,14-15H2,1H3,(H,25,29)(H,26,28). The maximum absolute atomic E-state index is 12.9. The van der Waals surface area contributed by atoms with Gasteiger partial charge in [0.2, 0.25) is 0 Å². The molecule has 0 unspecified atom stereocenters. The molecule has 2 fully saturated rings. The number of nitrogens with one attached hydrogen (secondary N) is 2. The van der Waals surface area contributed by atoms with Gasteiger partial charge in [0.25, 0.3) is 11.8 Å². The molecule has 5 heteroatoms. The van der Waals surface area contributed by atoms with Crippen molar-refractivity contribution in [2.24, 2.45) is 0 Å². The van der Waals surface area contributed by atoms with Crippen LogP contribution in [-0.2, 0) is 6.42 Å². The number of hydrogen-bond acceptors (Lipinski definition) is 3. The largest absolute Gasteiger partial charge is 0.371 e. The van der Waals surface area contributed by atoms with Crippen LogP contribution in [0.2, 0.25) is 0 Å². The molecule has 0 aromatic heterocycles. The number of rotatable bonds is 6. The van der Waals surface area contributed by atoms with Gasteiger partial charge in [-0.25, -0.2) is 0 Å². The number of amides is 2. The Hall–Kier alpha value is -2.82. The van der Waals surface area contributed by atoms with Crippen molar-refractivity contribution in [3.63, 3.8) is 0 Å². The third kappa shape index (κ3) is 4.78. The van der Waals surface area contributed by atoms with Crippen LogP contribution < -0.4 is 15.5 Å². The van der Waals surface area contributed by atoms with E-state index in [1.807, 2.05) is 42.5 Å². The number of carbonyl (C=O) groups is 2. The monoisotopic (exact) mass is 391 g/mol. The van der Waals surface area contributed by atoms with Gasteiger partial charge in [-0.05, 0) is 74.4 Å². The first kappa shape index (κ1) is 19.5. The number of piperidine rings is 1. The highest BCUT2D eigenvalue weighted by atomic mass is 16.2. The predicted molar refractivity (Wildman–Crippen MR) is 117 cm³/mol. The van der Waals surface area contributed by atoms with Crippen molar-refractivity contribution >= 4 is 23.2 Å². The highest BCUT2D eigenvalue weighted by Crippen LogP contribution is 2.29. The van der Waals surface area contributed by atoms with Gasteiger partial charge in [0, 0.05) is 36.1 Å². The lowest BCUT2D eigenvalue weighted by Crippen LogP contribution is -2.33. The molecule has 2 aromatic rings. The SMILES string of the molecule is CCc1ccc(C(=O)Nc2ccc(N3CCCCC3)c(C(=O)NC3CC3)c2)cc1.